The minimum absolute atomic E-state index is 0.00920. The monoisotopic (exact) mass is 343 g/mol. The molecule has 3 aromatic rings. The van der Waals surface area contributed by atoms with Gasteiger partial charge in [-0.2, -0.15) is 0 Å². The molecule has 0 N–H and O–H groups in total. The molecule has 1 amide bonds. The Hall–Kier alpha value is -2.65. The molecular formula is C22H17NOS. The van der Waals surface area contributed by atoms with Gasteiger partial charge in [-0.1, -0.05) is 103 Å². The van der Waals surface area contributed by atoms with Crippen LogP contribution in [-0.4, -0.2) is 11.0 Å². The Labute approximate surface area is 151 Å². The van der Waals surface area contributed by atoms with Crippen LogP contribution in [0.3, 0.4) is 0 Å². The smallest absolute Gasteiger partial charge is 0.264 e. The van der Waals surface area contributed by atoms with E-state index < -0.39 is 0 Å². The number of hydrogen-bond donors (Lipinski definition) is 0. The first kappa shape index (κ1) is 15.9. The van der Waals surface area contributed by atoms with Crippen molar-refractivity contribution >= 4 is 22.7 Å². The maximum atomic E-state index is 12.5. The van der Waals surface area contributed by atoms with Crippen LogP contribution in [-0.2, 0) is 4.79 Å². The summed E-state index contributed by atoms with van der Waals surface area (Å²) >= 11 is 1.57. The molecule has 1 aliphatic heterocycles. The van der Waals surface area contributed by atoms with Gasteiger partial charge in [-0.25, -0.2) is 4.99 Å². The van der Waals surface area contributed by atoms with Gasteiger partial charge >= 0.3 is 0 Å². The van der Waals surface area contributed by atoms with Crippen LogP contribution in [0.2, 0.25) is 0 Å². The zero-order valence-corrected chi connectivity index (χ0v) is 14.4. The van der Waals surface area contributed by atoms with E-state index >= 15 is 0 Å². The predicted octanol–water partition coefficient (Wildman–Crippen LogP) is 5.23. The van der Waals surface area contributed by atoms with E-state index in [2.05, 4.69) is 29.3 Å². The second-order valence-corrected chi connectivity index (χ2v) is 7.08. The Morgan fingerprint density at radius 1 is 0.720 bits per heavy atom. The second-order valence-electron chi connectivity index (χ2n) is 5.95. The van der Waals surface area contributed by atoms with Gasteiger partial charge in [0.25, 0.3) is 5.91 Å². The van der Waals surface area contributed by atoms with Crippen LogP contribution in [0.15, 0.2) is 96.0 Å². The molecular weight excluding hydrogens is 326 g/mol. The van der Waals surface area contributed by atoms with E-state index in [0.29, 0.717) is 0 Å². The van der Waals surface area contributed by atoms with Gasteiger partial charge < -0.3 is 0 Å². The molecule has 0 fully saturated rings. The first-order valence-corrected chi connectivity index (χ1v) is 9.15. The average molecular weight is 343 g/mol. The van der Waals surface area contributed by atoms with E-state index in [1.54, 1.807) is 11.8 Å². The highest BCUT2D eigenvalue weighted by molar-refractivity contribution is 8.15. The quantitative estimate of drug-likeness (QED) is 0.649. The van der Waals surface area contributed by atoms with Crippen molar-refractivity contribution in [2.24, 2.45) is 4.99 Å². The van der Waals surface area contributed by atoms with E-state index in [4.69, 9.17) is 0 Å². The standard InChI is InChI=1S/C22H17NOS/c24-21-20(18-14-8-3-9-15-18)25-22(23-21)19(16-10-4-1-5-11-16)17-12-6-2-7-13-17/h1-15,19-20H. The van der Waals surface area contributed by atoms with Crippen LogP contribution < -0.4 is 0 Å². The molecule has 0 radical (unpaired) electrons. The minimum atomic E-state index is -0.244. The Morgan fingerprint density at radius 2 is 1.20 bits per heavy atom. The number of hydrogen-bond acceptors (Lipinski definition) is 2. The Balaban J connectivity index is 1.72. The Morgan fingerprint density at radius 3 is 1.72 bits per heavy atom. The van der Waals surface area contributed by atoms with Gasteiger partial charge in [0.05, 0.1) is 11.0 Å². The van der Waals surface area contributed by atoms with E-state index in [0.717, 1.165) is 21.7 Å². The number of nitrogens with zero attached hydrogens (tertiary/aromatic N) is 1. The van der Waals surface area contributed by atoms with Gasteiger partial charge in [0, 0.05) is 0 Å². The van der Waals surface area contributed by atoms with Crippen LogP contribution in [0.1, 0.15) is 27.9 Å². The second kappa shape index (κ2) is 7.08. The maximum absolute atomic E-state index is 12.5. The lowest BCUT2D eigenvalue weighted by Gasteiger charge is -2.18. The maximum Gasteiger partial charge on any atom is 0.264 e. The first-order chi connectivity index (χ1) is 12.3. The van der Waals surface area contributed by atoms with Crippen LogP contribution >= 0.6 is 11.8 Å². The van der Waals surface area contributed by atoms with E-state index in [1.165, 1.54) is 0 Å². The summed E-state index contributed by atoms with van der Waals surface area (Å²) in [7, 11) is 0. The molecule has 122 valence electrons. The van der Waals surface area contributed by atoms with Crippen molar-refractivity contribution in [2.75, 3.05) is 0 Å². The van der Waals surface area contributed by atoms with Crippen LogP contribution in [0.4, 0.5) is 0 Å². The predicted molar refractivity (Wildman–Crippen MR) is 104 cm³/mol. The summed E-state index contributed by atoms with van der Waals surface area (Å²) in [4.78, 5) is 17.0. The fourth-order valence-corrected chi connectivity index (χ4v) is 4.34. The summed E-state index contributed by atoms with van der Waals surface area (Å²) in [6.45, 7) is 0. The third-order valence-corrected chi connectivity index (χ3v) is 5.58. The summed E-state index contributed by atoms with van der Waals surface area (Å²) in [5.41, 5.74) is 3.32. The molecule has 0 saturated heterocycles. The van der Waals surface area contributed by atoms with Gasteiger partial charge in [-0.3, -0.25) is 4.79 Å². The minimum Gasteiger partial charge on any atom is -0.271 e. The van der Waals surface area contributed by atoms with Gasteiger partial charge in [-0.05, 0) is 16.7 Å². The van der Waals surface area contributed by atoms with Crippen molar-refractivity contribution in [1.29, 1.82) is 0 Å². The first-order valence-electron chi connectivity index (χ1n) is 8.27. The summed E-state index contributed by atoms with van der Waals surface area (Å²) in [6, 6.07) is 30.4. The van der Waals surface area contributed by atoms with Gasteiger partial charge in [0.2, 0.25) is 0 Å². The highest BCUT2D eigenvalue weighted by Crippen LogP contribution is 2.43. The lowest BCUT2D eigenvalue weighted by Crippen LogP contribution is -2.09. The molecule has 2 nitrogen and oxygen atoms in total. The molecule has 1 aliphatic rings. The molecule has 0 spiro atoms. The van der Waals surface area contributed by atoms with E-state index in [1.807, 2.05) is 66.7 Å². The largest absolute Gasteiger partial charge is 0.271 e. The average Bonchev–Trinajstić information content (AvgIpc) is 3.06. The number of benzene rings is 3. The molecule has 25 heavy (non-hydrogen) atoms. The topological polar surface area (TPSA) is 29.4 Å². The van der Waals surface area contributed by atoms with Crippen molar-refractivity contribution in [1.82, 2.24) is 0 Å². The highest BCUT2D eigenvalue weighted by Gasteiger charge is 2.34. The number of amides is 1. The molecule has 1 atom stereocenters. The van der Waals surface area contributed by atoms with Crippen molar-refractivity contribution in [3.8, 4) is 0 Å². The summed E-state index contributed by atoms with van der Waals surface area (Å²) in [6.07, 6.45) is 0. The van der Waals surface area contributed by atoms with E-state index in [9.17, 15) is 4.79 Å². The molecule has 0 aliphatic carbocycles. The lowest BCUT2D eigenvalue weighted by molar-refractivity contribution is -0.117. The van der Waals surface area contributed by atoms with Crippen molar-refractivity contribution < 1.29 is 4.79 Å². The highest BCUT2D eigenvalue weighted by atomic mass is 32.2. The summed E-state index contributed by atoms with van der Waals surface area (Å²) in [5, 5.41) is 0.627. The molecule has 0 bridgehead atoms. The zero-order valence-electron chi connectivity index (χ0n) is 13.6. The number of thioether (sulfide) groups is 1. The van der Waals surface area contributed by atoms with Gasteiger partial charge in [0.1, 0.15) is 5.25 Å². The molecule has 3 aromatic carbocycles. The third kappa shape index (κ3) is 3.28. The fourth-order valence-electron chi connectivity index (χ4n) is 3.10. The molecule has 4 rings (SSSR count). The van der Waals surface area contributed by atoms with Gasteiger partial charge in [-0.15, -0.1) is 0 Å². The summed E-state index contributed by atoms with van der Waals surface area (Å²) in [5.74, 6) is -0.0758. The third-order valence-electron chi connectivity index (χ3n) is 4.30. The Kier molecular flexibility index (Phi) is 4.49. The number of carbonyl (C=O) groups is 1. The molecule has 0 aromatic heterocycles. The number of rotatable bonds is 4. The van der Waals surface area contributed by atoms with Gasteiger partial charge in [0.15, 0.2) is 0 Å². The van der Waals surface area contributed by atoms with Crippen molar-refractivity contribution in [3.63, 3.8) is 0 Å². The van der Waals surface area contributed by atoms with Crippen LogP contribution in [0, 0.1) is 0 Å². The zero-order chi connectivity index (χ0) is 17.1. The number of aliphatic imine (C=N–C) groups is 1. The molecule has 1 unspecified atom stereocenters. The van der Waals surface area contributed by atoms with E-state index in [-0.39, 0.29) is 17.1 Å². The molecule has 3 heteroatoms. The SMILES string of the molecule is O=C1N=C(C(c2ccccc2)c2ccccc2)SC1c1ccccc1. The molecule has 1 heterocycles. The van der Waals surface area contributed by atoms with Crippen LogP contribution in [0.5, 0.6) is 0 Å². The van der Waals surface area contributed by atoms with Crippen molar-refractivity contribution in [3.05, 3.63) is 108 Å². The lowest BCUT2D eigenvalue weighted by atomic mass is 9.92. The number of carbonyl (C=O) groups excluding carboxylic acids is 1. The van der Waals surface area contributed by atoms with Crippen LogP contribution in [0.25, 0.3) is 0 Å². The normalized spacial score (nSPS) is 16.9. The fraction of sp³-hybridized carbons (Fsp3) is 0.0909. The Bertz CT molecular complexity index is 852. The van der Waals surface area contributed by atoms with Crippen molar-refractivity contribution in [2.45, 2.75) is 11.2 Å². The summed E-state index contributed by atoms with van der Waals surface area (Å²) < 4.78 is 0. The molecule has 0 saturated carbocycles.